The summed E-state index contributed by atoms with van der Waals surface area (Å²) in [7, 11) is 0. The van der Waals surface area contributed by atoms with Crippen molar-refractivity contribution < 1.29 is 48.6 Å². The highest BCUT2D eigenvalue weighted by atomic mass is 16.4. The molecule has 0 aromatic carbocycles. The molecular weight excluding hydrogens is 624 g/mol. The number of carboxylic acid groups (broad SMARTS) is 2. The summed E-state index contributed by atoms with van der Waals surface area (Å²) in [5.41, 5.74) is 10.4. The van der Waals surface area contributed by atoms with Gasteiger partial charge < -0.3 is 58.5 Å². The largest absolute Gasteiger partial charge is 0.481 e. The molecule has 47 heavy (non-hydrogen) atoms. The van der Waals surface area contributed by atoms with Gasteiger partial charge in [0.05, 0.1) is 19.5 Å². The van der Waals surface area contributed by atoms with Gasteiger partial charge in [0.1, 0.15) is 30.2 Å². The van der Waals surface area contributed by atoms with Crippen LogP contribution in [0.3, 0.4) is 0 Å². The summed E-state index contributed by atoms with van der Waals surface area (Å²) in [5, 5.41) is 40.0. The van der Waals surface area contributed by atoms with Gasteiger partial charge in [-0.2, -0.15) is 0 Å². The van der Waals surface area contributed by atoms with E-state index in [4.69, 9.17) is 16.9 Å². The normalized spacial score (nSPS) is 16.5. The number of nitrogens with zero attached hydrogens (tertiary/aromatic N) is 1. The first-order chi connectivity index (χ1) is 22.0. The fourth-order valence-electron chi connectivity index (χ4n) is 4.64. The van der Waals surface area contributed by atoms with E-state index in [0.29, 0.717) is 6.42 Å². The molecule has 1 aliphatic rings. The summed E-state index contributed by atoms with van der Waals surface area (Å²) in [5.74, 6) is -7.92. The Bertz CT molecular complexity index is 1200. The minimum Gasteiger partial charge on any atom is -0.481 e. The maximum Gasteiger partial charge on any atom is 0.326 e. The topological polar surface area (TPSA) is 328 Å². The summed E-state index contributed by atoms with van der Waals surface area (Å²) in [6.45, 7) is 3.88. The predicted octanol–water partition coefficient (Wildman–Crippen LogP) is -4.51. The van der Waals surface area contributed by atoms with Crippen LogP contribution < -0.4 is 43.4 Å². The van der Waals surface area contributed by atoms with E-state index < -0.39 is 103 Å². The number of guanidine groups is 1. The number of rotatable bonds is 19. The molecule has 0 saturated carbocycles. The van der Waals surface area contributed by atoms with Crippen LogP contribution in [-0.2, 0) is 38.4 Å². The van der Waals surface area contributed by atoms with Crippen LogP contribution in [0, 0.1) is 11.3 Å². The number of nitrogens with two attached hydrogens (primary N) is 2. The van der Waals surface area contributed by atoms with Crippen molar-refractivity contribution in [3.63, 3.8) is 0 Å². The molecule has 264 valence electrons. The van der Waals surface area contributed by atoms with E-state index >= 15 is 0 Å². The Hall–Kier alpha value is -5.01. The zero-order valence-corrected chi connectivity index (χ0v) is 26.6. The SMILES string of the molecule is CC(C)[C@H](NC(=O)[C@@H]1CCCN1C(=O)[C@H](CC(=O)O)NC(=O)CN)C(=O)N[C@@H](C)C(=O)NCC(=O)N[C@@H](CCCNC(=N)N)C(=O)O. The Balaban J connectivity index is 2.78. The molecule has 20 heteroatoms. The summed E-state index contributed by atoms with van der Waals surface area (Å²) in [4.78, 5) is 100.0. The van der Waals surface area contributed by atoms with Gasteiger partial charge >= 0.3 is 11.9 Å². The van der Waals surface area contributed by atoms with Crippen LogP contribution in [0.25, 0.3) is 0 Å². The Morgan fingerprint density at radius 2 is 1.53 bits per heavy atom. The van der Waals surface area contributed by atoms with Gasteiger partial charge in [-0.25, -0.2) is 4.79 Å². The molecule has 0 spiro atoms. The third-order valence-electron chi connectivity index (χ3n) is 7.08. The van der Waals surface area contributed by atoms with Crippen LogP contribution in [0.15, 0.2) is 0 Å². The second-order valence-electron chi connectivity index (χ2n) is 11.2. The molecule has 5 atom stereocenters. The Morgan fingerprint density at radius 3 is 2.09 bits per heavy atom. The number of likely N-dealkylation sites (tertiary alicyclic amines) is 1. The van der Waals surface area contributed by atoms with Crippen molar-refractivity contribution in [2.75, 3.05) is 26.2 Å². The fraction of sp³-hybridized carbons (Fsp3) is 0.667. The first-order valence-corrected chi connectivity index (χ1v) is 15.0. The summed E-state index contributed by atoms with van der Waals surface area (Å²) in [6.07, 6.45) is 0.210. The van der Waals surface area contributed by atoms with E-state index in [1.165, 1.54) is 6.92 Å². The van der Waals surface area contributed by atoms with E-state index in [1.54, 1.807) is 13.8 Å². The van der Waals surface area contributed by atoms with Gasteiger partial charge in [0.25, 0.3) is 0 Å². The van der Waals surface area contributed by atoms with Gasteiger partial charge in [0.15, 0.2) is 5.96 Å². The van der Waals surface area contributed by atoms with Crippen LogP contribution in [0.4, 0.5) is 0 Å². The molecule has 0 unspecified atom stereocenters. The first-order valence-electron chi connectivity index (χ1n) is 15.0. The minimum absolute atomic E-state index is 0.0324. The average Bonchev–Trinajstić information content (AvgIpc) is 3.48. The maximum atomic E-state index is 13.3. The number of carbonyl (C=O) groups is 8. The minimum atomic E-state index is -1.45. The number of amides is 6. The van der Waals surface area contributed by atoms with E-state index in [2.05, 4.69) is 31.9 Å². The Morgan fingerprint density at radius 1 is 0.894 bits per heavy atom. The zero-order chi connectivity index (χ0) is 35.8. The lowest BCUT2D eigenvalue weighted by Gasteiger charge is -2.30. The van der Waals surface area contributed by atoms with Gasteiger partial charge in [-0.3, -0.25) is 39.0 Å². The number of hydrogen-bond donors (Lipinski definition) is 11. The highest BCUT2D eigenvalue weighted by Crippen LogP contribution is 2.20. The lowest BCUT2D eigenvalue weighted by atomic mass is 10.0. The Labute approximate surface area is 271 Å². The molecule has 0 radical (unpaired) electrons. The standard InChI is InChI=1S/C27H46N10O10/c1-13(2)21(36-23(43)17-7-5-9-37(17)25(45)16(10-20(40)41)35-18(38)11-28)24(44)33-14(3)22(42)32-12-19(39)34-15(26(46)47)6-4-8-31-27(29)30/h13-17,21H,4-12,28H2,1-3H3,(H,32,42)(H,33,44)(H,34,39)(H,35,38)(H,36,43)(H,40,41)(H,46,47)(H4,29,30,31)/t14-,15-,16-,17-,21-/m0/s1. The van der Waals surface area contributed by atoms with Gasteiger partial charge in [0, 0.05) is 13.1 Å². The molecule has 1 aliphatic heterocycles. The predicted molar refractivity (Wildman–Crippen MR) is 164 cm³/mol. The molecule has 20 nitrogen and oxygen atoms in total. The molecule has 0 aliphatic carbocycles. The Kier molecular flexibility index (Phi) is 16.6. The second-order valence-corrected chi connectivity index (χ2v) is 11.2. The highest BCUT2D eigenvalue weighted by Gasteiger charge is 2.40. The van der Waals surface area contributed by atoms with Gasteiger partial charge in [0.2, 0.25) is 35.4 Å². The first kappa shape index (κ1) is 40.0. The third kappa shape index (κ3) is 13.9. The summed E-state index contributed by atoms with van der Waals surface area (Å²) >= 11 is 0. The molecular formula is C27H46N10O10. The maximum absolute atomic E-state index is 13.3. The molecule has 1 rings (SSSR count). The highest BCUT2D eigenvalue weighted by molar-refractivity contribution is 5.97. The van der Waals surface area contributed by atoms with Crippen molar-refractivity contribution in [2.24, 2.45) is 17.4 Å². The van der Waals surface area contributed by atoms with E-state index in [-0.39, 0.29) is 38.3 Å². The lowest BCUT2D eigenvalue weighted by molar-refractivity contribution is -0.146. The number of nitrogens with one attached hydrogen (secondary N) is 7. The molecule has 0 aromatic rings. The van der Waals surface area contributed by atoms with Crippen molar-refractivity contribution in [2.45, 2.75) is 83.1 Å². The van der Waals surface area contributed by atoms with Crippen molar-refractivity contribution in [3.8, 4) is 0 Å². The van der Waals surface area contributed by atoms with E-state index in [9.17, 15) is 48.6 Å². The van der Waals surface area contributed by atoms with E-state index in [0.717, 1.165) is 4.90 Å². The van der Waals surface area contributed by atoms with Crippen molar-refractivity contribution in [3.05, 3.63) is 0 Å². The molecule has 1 fully saturated rings. The smallest absolute Gasteiger partial charge is 0.326 e. The molecule has 0 aromatic heterocycles. The quantitative estimate of drug-likeness (QED) is 0.0351. The molecule has 13 N–H and O–H groups in total. The lowest BCUT2D eigenvalue weighted by Crippen LogP contribution is -2.59. The van der Waals surface area contributed by atoms with Crippen LogP contribution in [0.1, 0.15) is 52.9 Å². The second kappa shape index (κ2) is 19.5. The van der Waals surface area contributed by atoms with Crippen molar-refractivity contribution in [1.82, 2.24) is 36.8 Å². The molecule has 6 amide bonds. The summed E-state index contributed by atoms with van der Waals surface area (Å²) < 4.78 is 0. The van der Waals surface area contributed by atoms with E-state index in [1.807, 2.05) is 0 Å². The molecule has 0 bridgehead atoms. The van der Waals surface area contributed by atoms with Crippen LogP contribution in [0.2, 0.25) is 0 Å². The number of carbonyl (C=O) groups excluding carboxylic acids is 6. The number of aliphatic carboxylic acids is 2. The zero-order valence-electron chi connectivity index (χ0n) is 26.6. The third-order valence-corrected chi connectivity index (χ3v) is 7.08. The van der Waals surface area contributed by atoms with Gasteiger partial charge in [-0.05, 0) is 38.5 Å². The number of carboxylic acids is 2. The molecule has 1 saturated heterocycles. The monoisotopic (exact) mass is 670 g/mol. The fourth-order valence-corrected chi connectivity index (χ4v) is 4.64. The van der Waals surface area contributed by atoms with Crippen LogP contribution in [0.5, 0.6) is 0 Å². The molecule has 1 heterocycles. The summed E-state index contributed by atoms with van der Waals surface area (Å²) in [6, 6.07) is -6.08. The number of hydrogen-bond acceptors (Lipinski definition) is 10. The van der Waals surface area contributed by atoms with Gasteiger partial charge in [-0.1, -0.05) is 13.8 Å². The van der Waals surface area contributed by atoms with Crippen molar-refractivity contribution in [1.29, 1.82) is 5.41 Å². The van der Waals surface area contributed by atoms with Crippen molar-refractivity contribution >= 4 is 53.3 Å². The van der Waals surface area contributed by atoms with Gasteiger partial charge in [-0.15, -0.1) is 0 Å². The van der Waals surface area contributed by atoms with Crippen LogP contribution >= 0.6 is 0 Å². The van der Waals surface area contributed by atoms with Crippen LogP contribution in [-0.4, -0.2) is 125 Å². The average molecular weight is 671 g/mol.